The zero-order valence-electron chi connectivity index (χ0n) is 15.5. The molecule has 2 aromatic carbocycles. The number of rotatable bonds is 2. The van der Waals surface area contributed by atoms with Gasteiger partial charge in [0.15, 0.2) is 9.84 Å². The summed E-state index contributed by atoms with van der Waals surface area (Å²) in [5.74, 6) is -0.170. The van der Waals surface area contributed by atoms with Gasteiger partial charge in [-0.05, 0) is 42.3 Å². The molecular formula is C19H19BrN2O5S. The number of benzene rings is 2. The normalized spacial score (nSPS) is 16.6. The zero-order valence-corrected chi connectivity index (χ0v) is 17.9. The summed E-state index contributed by atoms with van der Waals surface area (Å²) in [4.78, 5) is 26.9. The summed E-state index contributed by atoms with van der Waals surface area (Å²) in [6.07, 6.45) is 0.0380. The van der Waals surface area contributed by atoms with Crippen LogP contribution in [0.3, 0.4) is 0 Å². The van der Waals surface area contributed by atoms with Gasteiger partial charge in [0.25, 0.3) is 0 Å². The van der Waals surface area contributed by atoms with Crippen LogP contribution < -0.4 is 9.80 Å². The molecule has 1 aliphatic rings. The molecule has 2 amide bonds. The maximum Gasteiger partial charge on any atom is 0.411 e. The SMILES string of the molecule is CC(=O)N1c2cc(Br)c(-c3ccc(S(C)(=O)=O)cc3)cc2N(C(=O)O)CC1C. The van der Waals surface area contributed by atoms with Crippen LogP contribution >= 0.6 is 15.9 Å². The molecule has 28 heavy (non-hydrogen) atoms. The maximum absolute atomic E-state index is 12.1. The number of nitrogens with zero attached hydrogens (tertiary/aromatic N) is 2. The molecule has 1 aliphatic heterocycles. The highest BCUT2D eigenvalue weighted by Gasteiger charge is 2.34. The van der Waals surface area contributed by atoms with E-state index in [1.165, 1.54) is 24.0 Å². The van der Waals surface area contributed by atoms with Crippen LogP contribution in [0, 0.1) is 0 Å². The molecule has 0 bridgehead atoms. The van der Waals surface area contributed by atoms with E-state index in [0.717, 1.165) is 11.8 Å². The number of fused-ring (bicyclic) bond motifs is 1. The number of carbonyl (C=O) groups excluding carboxylic acids is 1. The Kier molecular flexibility index (Phi) is 5.24. The average Bonchev–Trinajstić information content (AvgIpc) is 2.59. The van der Waals surface area contributed by atoms with Gasteiger partial charge in [0, 0.05) is 24.2 Å². The summed E-state index contributed by atoms with van der Waals surface area (Å²) in [6, 6.07) is 9.48. The third kappa shape index (κ3) is 3.64. The Hall–Kier alpha value is -2.39. The summed E-state index contributed by atoms with van der Waals surface area (Å²) < 4.78 is 24.0. The van der Waals surface area contributed by atoms with Crippen LogP contribution in [0.1, 0.15) is 13.8 Å². The molecule has 1 N–H and O–H groups in total. The molecule has 0 saturated carbocycles. The quantitative estimate of drug-likeness (QED) is 0.726. The first kappa shape index (κ1) is 20.3. The van der Waals surface area contributed by atoms with E-state index < -0.39 is 15.9 Å². The maximum atomic E-state index is 12.1. The predicted octanol–water partition coefficient (Wildman–Crippen LogP) is 3.76. The molecule has 2 aromatic rings. The van der Waals surface area contributed by atoms with E-state index in [1.807, 2.05) is 0 Å². The topological polar surface area (TPSA) is 95.0 Å². The number of anilines is 2. The number of hydrogen-bond acceptors (Lipinski definition) is 4. The molecule has 9 heteroatoms. The fraction of sp³-hybridized carbons (Fsp3) is 0.263. The van der Waals surface area contributed by atoms with Crippen LogP contribution in [0.4, 0.5) is 16.2 Å². The van der Waals surface area contributed by atoms with E-state index in [2.05, 4.69) is 15.9 Å². The minimum Gasteiger partial charge on any atom is -0.465 e. The minimum atomic E-state index is -3.31. The van der Waals surface area contributed by atoms with E-state index >= 15 is 0 Å². The first-order chi connectivity index (χ1) is 13.0. The highest BCUT2D eigenvalue weighted by Crippen LogP contribution is 2.43. The van der Waals surface area contributed by atoms with Crippen LogP contribution in [0.2, 0.25) is 0 Å². The summed E-state index contributed by atoms with van der Waals surface area (Å²) in [6.45, 7) is 3.41. The van der Waals surface area contributed by atoms with Crippen molar-refractivity contribution in [3.63, 3.8) is 0 Å². The first-order valence-electron chi connectivity index (χ1n) is 8.45. The van der Waals surface area contributed by atoms with Crippen LogP contribution in [0.25, 0.3) is 11.1 Å². The lowest BCUT2D eigenvalue weighted by Crippen LogP contribution is -2.51. The van der Waals surface area contributed by atoms with Crippen LogP contribution in [0.5, 0.6) is 0 Å². The van der Waals surface area contributed by atoms with Gasteiger partial charge in [-0.1, -0.05) is 28.1 Å². The molecule has 7 nitrogen and oxygen atoms in total. The Morgan fingerprint density at radius 3 is 2.25 bits per heavy atom. The standard InChI is InChI=1S/C19H19BrN2O5S/c1-11-10-21(19(24)25)17-8-15(16(20)9-18(17)22(11)12(2)23)13-4-6-14(7-5-13)28(3,26)27/h4-9,11H,10H2,1-3H3,(H,24,25). The highest BCUT2D eigenvalue weighted by atomic mass is 79.9. The molecule has 1 heterocycles. The highest BCUT2D eigenvalue weighted by molar-refractivity contribution is 9.10. The van der Waals surface area contributed by atoms with E-state index in [-0.39, 0.29) is 23.4 Å². The van der Waals surface area contributed by atoms with E-state index in [1.54, 1.807) is 36.1 Å². The van der Waals surface area contributed by atoms with Gasteiger partial charge in [0.05, 0.1) is 22.3 Å². The second kappa shape index (κ2) is 7.21. The number of carboxylic acid groups (broad SMARTS) is 1. The molecule has 0 saturated heterocycles. The molecule has 0 aromatic heterocycles. The minimum absolute atomic E-state index is 0.163. The predicted molar refractivity (Wildman–Crippen MR) is 111 cm³/mol. The fourth-order valence-corrected chi connectivity index (χ4v) is 4.60. The van der Waals surface area contributed by atoms with Gasteiger partial charge in [-0.25, -0.2) is 13.2 Å². The largest absolute Gasteiger partial charge is 0.465 e. The number of carbonyl (C=O) groups is 2. The van der Waals surface area contributed by atoms with E-state index in [0.29, 0.717) is 21.4 Å². The summed E-state index contributed by atoms with van der Waals surface area (Å²) in [7, 11) is -3.31. The Morgan fingerprint density at radius 2 is 1.75 bits per heavy atom. The Morgan fingerprint density at radius 1 is 1.14 bits per heavy atom. The third-order valence-corrected chi connectivity index (χ3v) is 6.45. The van der Waals surface area contributed by atoms with Crippen molar-refractivity contribution in [1.29, 1.82) is 0 Å². The Bertz CT molecular complexity index is 1070. The summed E-state index contributed by atoms with van der Waals surface area (Å²) >= 11 is 3.50. The number of hydrogen-bond donors (Lipinski definition) is 1. The Balaban J connectivity index is 2.17. The van der Waals surface area contributed by atoms with Gasteiger partial charge in [-0.2, -0.15) is 0 Å². The Labute approximate surface area is 171 Å². The molecule has 1 atom stereocenters. The zero-order chi connectivity index (χ0) is 20.8. The molecule has 0 spiro atoms. The van der Waals surface area contributed by atoms with E-state index in [4.69, 9.17) is 0 Å². The van der Waals surface area contributed by atoms with Crippen LogP contribution in [-0.4, -0.2) is 44.4 Å². The lowest BCUT2D eigenvalue weighted by molar-refractivity contribution is -0.117. The molecular weight excluding hydrogens is 448 g/mol. The second-order valence-electron chi connectivity index (χ2n) is 6.75. The van der Waals surface area contributed by atoms with Crippen molar-refractivity contribution in [3.05, 3.63) is 40.9 Å². The van der Waals surface area contributed by atoms with Gasteiger partial charge in [-0.3, -0.25) is 9.69 Å². The van der Waals surface area contributed by atoms with E-state index in [9.17, 15) is 23.1 Å². The molecule has 0 aliphatic carbocycles. The van der Waals surface area contributed by atoms with Crippen molar-refractivity contribution in [3.8, 4) is 11.1 Å². The number of halogens is 1. The van der Waals surface area contributed by atoms with Gasteiger partial charge < -0.3 is 10.0 Å². The smallest absolute Gasteiger partial charge is 0.411 e. The molecule has 0 fully saturated rings. The van der Waals surface area contributed by atoms with Crippen molar-refractivity contribution in [2.45, 2.75) is 24.8 Å². The second-order valence-corrected chi connectivity index (χ2v) is 9.62. The van der Waals surface area contributed by atoms with Crippen molar-refractivity contribution >= 4 is 49.1 Å². The van der Waals surface area contributed by atoms with Crippen LogP contribution in [0.15, 0.2) is 45.8 Å². The number of sulfone groups is 1. The van der Waals surface area contributed by atoms with Gasteiger partial charge >= 0.3 is 6.09 Å². The third-order valence-electron chi connectivity index (χ3n) is 4.67. The number of amides is 2. The monoisotopic (exact) mass is 466 g/mol. The molecule has 148 valence electrons. The summed E-state index contributed by atoms with van der Waals surface area (Å²) in [5.41, 5.74) is 2.34. The summed E-state index contributed by atoms with van der Waals surface area (Å²) in [5, 5.41) is 9.63. The average molecular weight is 467 g/mol. The first-order valence-corrected chi connectivity index (χ1v) is 11.1. The molecule has 3 rings (SSSR count). The van der Waals surface area contributed by atoms with Crippen molar-refractivity contribution < 1.29 is 23.1 Å². The van der Waals surface area contributed by atoms with Crippen molar-refractivity contribution in [1.82, 2.24) is 0 Å². The van der Waals surface area contributed by atoms with Gasteiger partial charge in [0.1, 0.15) is 0 Å². The fourth-order valence-electron chi connectivity index (χ4n) is 3.41. The van der Waals surface area contributed by atoms with Gasteiger partial charge in [0.2, 0.25) is 5.91 Å². The lowest BCUT2D eigenvalue weighted by Gasteiger charge is -2.40. The molecule has 0 radical (unpaired) electrons. The molecule has 1 unspecified atom stereocenters. The van der Waals surface area contributed by atoms with Crippen molar-refractivity contribution in [2.24, 2.45) is 0 Å². The van der Waals surface area contributed by atoms with Gasteiger partial charge in [-0.15, -0.1) is 0 Å². The van der Waals surface area contributed by atoms with Crippen molar-refractivity contribution in [2.75, 3.05) is 22.6 Å². The lowest BCUT2D eigenvalue weighted by atomic mass is 10.0. The van der Waals surface area contributed by atoms with Crippen LogP contribution in [-0.2, 0) is 14.6 Å².